The number of fused-ring (bicyclic) bond motifs is 1. The fraction of sp³-hybridized carbons (Fsp3) is 0.278. The van der Waals surface area contributed by atoms with Crippen molar-refractivity contribution in [1.82, 2.24) is 4.72 Å². The van der Waals surface area contributed by atoms with Gasteiger partial charge in [-0.15, -0.1) is 0 Å². The molecule has 0 aromatic heterocycles. The molecule has 2 N–H and O–H groups in total. The number of ether oxygens (including phenoxy) is 3. The third-order valence-corrected chi connectivity index (χ3v) is 5.60. The maximum atomic E-state index is 12.5. The van der Waals surface area contributed by atoms with Crippen LogP contribution in [0.3, 0.4) is 0 Å². The molecule has 3 rings (SSSR count). The average Bonchev–Trinajstić information content (AvgIpc) is 3.14. The molecule has 1 atom stereocenters. The summed E-state index contributed by atoms with van der Waals surface area (Å²) in [5, 5.41) is 10.7. The van der Waals surface area contributed by atoms with E-state index in [2.05, 4.69) is 9.46 Å². The van der Waals surface area contributed by atoms with Gasteiger partial charge in [0.15, 0.2) is 11.5 Å². The molecule has 2 aromatic rings. The summed E-state index contributed by atoms with van der Waals surface area (Å²) in [6, 6.07) is 10.2. The van der Waals surface area contributed by atoms with E-state index >= 15 is 0 Å². The highest BCUT2D eigenvalue weighted by atomic mass is 32.2. The van der Waals surface area contributed by atoms with Crippen LogP contribution < -0.4 is 14.2 Å². The molecule has 0 radical (unpaired) electrons. The number of aliphatic hydroxyl groups is 1. The minimum Gasteiger partial charge on any atom is -0.465 e. The fourth-order valence-corrected chi connectivity index (χ4v) is 3.67. The molecule has 0 saturated carbocycles. The Bertz CT molecular complexity index is 952. The van der Waals surface area contributed by atoms with Crippen LogP contribution in [0.25, 0.3) is 0 Å². The molecule has 0 unspecified atom stereocenters. The van der Waals surface area contributed by atoms with E-state index < -0.39 is 21.6 Å². The number of benzene rings is 2. The van der Waals surface area contributed by atoms with E-state index in [0.717, 1.165) is 0 Å². The molecule has 27 heavy (non-hydrogen) atoms. The molecular formula is C18H19NO7S. The molecule has 0 fully saturated rings. The summed E-state index contributed by atoms with van der Waals surface area (Å²) in [4.78, 5) is 11.4. The van der Waals surface area contributed by atoms with Crippen molar-refractivity contribution < 1.29 is 32.5 Å². The van der Waals surface area contributed by atoms with Gasteiger partial charge in [-0.05, 0) is 48.9 Å². The van der Waals surface area contributed by atoms with Crippen LogP contribution in [-0.2, 0) is 20.4 Å². The molecule has 0 spiro atoms. The molecular weight excluding hydrogens is 374 g/mol. The zero-order valence-electron chi connectivity index (χ0n) is 14.8. The predicted octanol–water partition coefficient (Wildman–Crippen LogP) is 1.39. The van der Waals surface area contributed by atoms with E-state index in [9.17, 15) is 18.3 Å². The summed E-state index contributed by atoms with van der Waals surface area (Å²) in [5.41, 5.74) is -0.751. The summed E-state index contributed by atoms with van der Waals surface area (Å²) in [5.74, 6) is 0.507. The van der Waals surface area contributed by atoms with Crippen LogP contribution in [-0.4, -0.2) is 39.9 Å². The molecule has 2 aromatic carbocycles. The van der Waals surface area contributed by atoms with Crippen LogP contribution in [0.15, 0.2) is 47.4 Å². The first-order valence-corrected chi connectivity index (χ1v) is 9.52. The van der Waals surface area contributed by atoms with Gasteiger partial charge in [-0.1, -0.05) is 6.07 Å². The lowest BCUT2D eigenvalue weighted by Crippen LogP contribution is -2.38. The Hall–Kier alpha value is -2.62. The first-order chi connectivity index (χ1) is 12.7. The van der Waals surface area contributed by atoms with Crippen molar-refractivity contribution in [3.8, 4) is 11.5 Å². The van der Waals surface area contributed by atoms with Gasteiger partial charge in [-0.2, -0.15) is 0 Å². The van der Waals surface area contributed by atoms with Crippen LogP contribution in [0.2, 0.25) is 0 Å². The molecule has 0 saturated heterocycles. The lowest BCUT2D eigenvalue weighted by molar-refractivity contribution is 0.0600. The summed E-state index contributed by atoms with van der Waals surface area (Å²) in [6.45, 7) is 1.34. The quantitative estimate of drug-likeness (QED) is 0.714. The number of hydrogen-bond acceptors (Lipinski definition) is 7. The Labute approximate surface area is 156 Å². The van der Waals surface area contributed by atoms with E-state index in [1.165, 1.54) is 38.3 Å². The first-order valence-electron chi connectivity index (χ1n) is 8.03. The number of methoxy groups -OCH3 is 1. The monoisotopic (exact) mass is 393 g/mol. The number of hydrogen-bond donors (Lipinski definition) is 2. The highest BCUT2D eigenvalue weighted by Gasteiger charge is 2.28. The largest absolute Gasteiger partial charge is 0.465 e. The van der Waals surface area contributed by atoms with Crippen LogP contribution in [0.5, 0.6) is 11.5 Å². The summed E-state index contributed by atoms with van der Waals surface area (Å²) >= 11 is 0. The molecule has 144 valence electrons. The number of carbonyl (C=O) groups excluding carboxylic acids is 1. The Morgan fingerprint density at radius 3 is 2.52 bits per heavy atom. The van der Waals surface area contributed by atoms with Gasteiger partial charge in [-0.3, -0.25) is 0 Å². The highest BCUT2D eigenvalue weighted by molar-refractivity contribution is 7.89. The van der Waals surface area contributed by atoms with Crippen LogP contribution >= 0.6 is 0 Å². The van der Waals surface area contributed by atoms with E-state index in [4.69, 9.17) is 9.47 Å². The predicted molar refractivity (Wildman–Crippen MR) is 95.1 cm³/mol. The van der Waals surface area contributed by atoms with E-state index in [0.29, 0.717) is 17.1 Å². The van der Waals surface area contributed by atoms with Crippen molar-refractivity contribution in [3.63, 3.8) is 0 Å². The molecule has 0 aliphatic carbocycles. The number of carbonyl (C=O) groups is 1. The SMILES string of the molecule is COC(=O)c1ccc(S(=O)(=O)NC[C@](C)(O)c2ccc3c(c2)OCO3)cc1. The second kappa shape index (κ2) is 7.18. The maximum absolute atomic E-state index is 12.5. The Morgan fingerprint density at radius 1 is 1.19 bits per heavy atom. The molecule has 0 bridgehead atoms. The van der Waals surface area contributed by atoms with Gasteiger partial charge < -0.3 is 19.3 Å². The Kier molecular flexibility index (Phi) is 5.09. The number of sulfonamides is 1. The van der Waals surface area contributed by atoms with Gasteiger partial charge >= 0.3 is 5.97 Å². The summed E-state index contributed by atoms with van der Waals surface area (Å²) in [7, 11) is -2.64. The van der Waals surface area contributed by atoms with Crippen molar-refractivity contribution in [3.05, 3.63) is 53.6 Å². The van der Waals surface area contributed by atoms with Crippen molar-refractivity contribution in [1.29, 1.82) is 0 Å². The van der Waals surface area contributed by atoms with Gasteiger partial charge in [0, 0.05) is 6.54 Å². The average molecular weight is 393 g/mol. The van der Waals surface area contributed by atoms with Crippen LogP contribution in [0.1, 0.15) is 22.8 Å². The molecule has 9 heteroatoms. The van der Waals surface area contributed by atoms with Crippen molar-refractivity contribution in [2.45, 2.75) is 17.4 Å². The molecule has 0 amide bonds. The van der Waals surface area contributed by atoms with Gasteiger partial charge in [-0.25, -0.2) is 17.9 Å². The summed E-state index contributed by atoms with van der Waals surface area (Å²) < 4.78 is 42.4. The first kappa shape index (κ1) is 19.2. The second-order valence-electron chi connectivity index (χ2n) is 6.18. The fourth-order valence-electron chi connectivity index (χ4n) is 2.54. The molecule has 1 aliphatic heterocycles. The Balaban J connectivity index is 1.73. The highest BCUT2D eigenvalue weighted by Crippen LogP contribution is 2.35. The van der Waals surface area contributed by atoms with Gasteiger partial charge in [0.05, 0.1) is 17.6 Å². The standard InChI is InChI=1S/C18H19NO7S/c1-18(21,13-5-8-15-16(9-13)26-11-25-15)10-19-27(22,23)14-6-3-12(4-7-14)17(20)24-2/h3-9,19,21H,10-11H2,1-2H3/t18-/m0/s1. The number of nitrogens with one attached hydrogen (secondary N) is 1. The third kappa shape index (κ3) is 4.05. The molecule has 1 aliphatic rings. The van der Waals surface area contributed by atoms with Gasteiger partial charge in [0.1, 0.15) is 5.60 Å². The topological polar surface area (TPSA) is 111 Å². The zero-order chi connectivity index (χ0) is 19.7. The van der Waals surface area contributed by atoms with Gasteiger partial charge in [0.2, 0.25) is 16.8 Å². The van der Waals surface area contributed by atoms with E-state index in [-0.39, 0.29) is 23.8 Å². The Morgan fingerprint density at radius 2 is 1.85 bits per heavy atom. The minimum atomic E-state index is -3.88. The van der Waals surface area contributed by atoms with Crippen molar-refractivity contribution >= 4 is 16.0 Å². The van der Waals surface area contributed by atoms with E-state index in [1.807, 2.05) is 0 Å². The summed E-state index contributed by atoms with van der Waals surface area (Å²) in [6.07, 6.45) is 0. The third-order valence-electron chi connectivity index (χ3n) is 4.19. The lowest BCUT2D eigenvalue weighted by Gasteiger charge is -2.24. The van der Waals surface area contributed by atoms with Gasteiger partial charge in [0.25, 0.3) is 0 Å². The number of esters is 1. The smallest absolute Gasteiger partial charge is 0.337 e. The van der Waals surface area contributed by atoms with Crippen LogP contribution in [0.4, 0.5) is 0 Å². The normalized spacial score (nSPS) is 15.2. The van der Waals surface area contributed by atoms with Crippen molar-refractivity contribution in [2.75, 3.05) is 20.4 Å². The second-order valence-corrected chi connectivity index (χ2v) is 7.95. The molecule has 1 heterocycles. The molecule has 8 nitrogen and oxygen atoms in total. The zero-order valence-corrected chi connectivity index (χ0v) is 15.6. The van der Waals surface area contributed by atoms with Crippen LogP contribution in [0, 0.1) is 0 Å². The van der Waals surface area contributed by atoms with E-state index in [1.54, 1.807) is 18.2 Å². The number of rotatable bonds is 6. The minimum absolute atomic E-state index is 0.0309. The lowest BCUT2D eigenvalue weighted by atomic mass is 9.96. The maximum Gasteiger partial charge on any atom is 0.337 e. The van der Waals surface area contributed by atoms with Crippen molar-refractivity contribution in [2.24, 2.45) is 0 Å².